The molecule has 2 heterocycles. The summed E-state index contributed by atoms with van der Waals surface area (Å²) >= 11 is 0. The molecule has 3 rings (SSSR count). The number of para-hydroxylation sites is 2. The summed E-state index contributed by atoms with van der Waals surface area (Å²) in [6.07, 6.45) is 1.80. The average molecular weight is 308 g/mol. The zero-order valence-electron chi connectivity index (χ0n) is 14.8. The lowest BCUT2D eigenvalue weighted by atomic mass is 9.88. The van der Waals surface area contributed by atoms with Crippen LogP contribution in [0.3, 0.4) is 0 Å². The van der Waals surface area contributed by atoms with Crippen molar-refractivity contribution in [2.75, 3.05) is 0 Å². The molecule has 0 aliphatic heterocycles. The second kappa shape index (κ2) is 5.15. The molecular weight excluding hydrogens is 284 g/mol. The Morgan fingerprint density at radius 1 is 0.870 bits per heavy atom. The first-order valence-electron chi connectivity index (χ1n) is 7.99. The SMILES string of the molecule is CC(C)(C)c1cc(C(C)(C)C)n(-c2cnc3ccccc3n2)n1. The van der Waals surface area contributed by atoms with E-state index in [4.69, 9.17) is 10.1 Å². The quantitative estimate of drug-likeness (QED) is 0.669. The van der Waals surface area contributed by atoms with E-state index < -0.39 is 0 Å². The van der Waals surface area contributed by atoms with Gasteiger partial charge in [0.15, 0.2) is 5.82 Å². The van der Waals surface area contributed by atoms with Crippen molar-refractivity contribution in [3.8, 4) is 5.82 Å². The van der Waals surface area contributed by atoms with Crippen molar-refractivity contribution in [3.05, 3.63) is 47.9 Å². The molecule has 4 heteroatoms. The number of rotatable bonds is 1. The van der Waals surface area contributed by atoms with E-state index in [1.165, 1.54) is 0 Å². The molecule has 0 spiro atoms. The van der Waals surface area contributed by atoms with Crippen LogP contribution in [0.2, 0.25) is 0 Å². The smallest absolute Gasteiger partial charge is 0.172 e. The summed E-state index contributed by atoms with van der Waals surface area (Å²) in [7, 11) is 0. The van der Waals surface area contributed by atoms with Crippen molar-refractivity contribution in [3.63, 3.8) is 0 Å². The van der Waals surface area contributed by atoms with Gasteiger partial charge in [0.25, 0.3) is 0 Å². The van der Waals surface area contributed by atoms with Crippen molar-refractivity contribution < 1.29 is 0 Å². The van der Waals surface area contributed by atoms with Crippen LogP contribution in [0, 0.1) is 0 Å². The van der Waals surface area contributed by atoms with Gasteiger partial charge in [0.05, 0.1) is 28.6 Å². The normalized spacial score (nSPS) is 12.8. The largest absolute Gasteiger partial charge is 0.251 e. The molecule has 0 atom stereocenters. The van der Waals surface area contributed by atoms with Crippen LogP contribution in [0.1, 0.15) is 52.9 Å². The van der Waals surface area contributed by atoms with Crippen molar-refractivity contribution >= 4 is 11.0 Å². The highest BCUT2D eigenvalue weighted by Crippen LogP contribution is 2.30. The maximum absolute atomic E-state index is 4.84. The van der Waals surface area contributed by atoms with Gasteiger partial charge >= 0.3 is 0 Å². The first-order chi connectivity index (χ1) is 10.7. The Bertz CT molecular complexity index is 848. The van der Waals surface area contributed by atoms with Gasteiger partial charge in [0.1, 0.15) is 0 Å². The van der Waals surface area contributed by atoms with Crippen LogP contribution < -0.4 is 0 Å². The zero-order chi connectivity index (χ0) is 16.8. The number of hydrogen-bond acceptors (Lipinski definition) is 3. The van der Waals surface area contributed by atoms with Gasteiger partial charge in [0.2, 0.25) is 0 Å². The van der Waals surface area contributed by atoms with Crippen molar-refractivity contribution in [2.24, 2.45) is 0 Å². The van der Waals surface area contributed by atoms with E-state index in [-0.39, 0.29) is 10.8 Å². The summed E-state index contributed by atoms with van der Waals surface area (Å²) in [5.74, 6) is 0.768. The van der Waals surface area contributed by atoms with E-state index in [0.29, 0.717) is 0 Å². The molecule has 0 fully saturated rings. The zero-order valence-corrected chi connectivity index (χ0v) is 14.8. The third-order valence-electron chi connectivity index (χ3n) is 3.90. The minimum Gasteiger partial charge on any atom is -0.251 e. The Morgan fingerprint density at radius 3 is 2.13 bits per heavy atom. The third-order valence-corrected chi connectivity index (χ3v) is 3.90. The maximum Gasteiger partial charge on any atom is 0.172 e. The van der Waals surface area contributed by atoms with Gasteiger partial charge in [-0.15, -0.1) is 0 Å². The molecule has 1 aromatic carbocycles. The highest BCUT2D eigenvalue weighted by atomic mass is 15.3. The van der Waals surface area contributed by atoms with Crippen LogP contribution in [-0.4, -0.2) is 19.7 Å². The van der Waals surface area contributed by atoms with E-state index in [1.807, 2.05) is 28.9 Å². The van der Waals surface area contributed by atoms with Gasteiger partial charge in [-0.25, -0.2) is 9.67 Å². The third kappa shape index (κ3) is 2.98. The molecule has 0 saturated carbocycles. The van der Waals surface area contributed by atoms with Gasteiger partial charge in [-0.3, -0.25) is 4.98 Å². The fraction of sp³-hybridized carbons (Fsp3) is 0.421. The predicted octanol–water partition coefficient (Wildman–Crippen LogP) is 4.41. The Kier molecular flexibility index (Phi) is 3.51. The lowest BCUT2D eigenvalue weighted by Crippen LogP contribution is -2.18. The predicted molar refractivity (Wildman–Crippen MR) is 94.1 cm³/mol. The summed E-state index contributed by atoms with van der Waals surface area (Å²) in [4.78, 5) is 9.28. The highest BCUT2D eigenvalue weighted by Gasteiger charge is 2.26. The van der Waals surface area contributed by atoms with Crippen LogP contribution in [0.15, 0.2) is 36.5 Å². The monoisotopic (exact) mass is 308 g/mol. The molecule has 120 valence electrons. The standard InChI is InChI=1S/C19H24N4/c1-18(2,3)15-11-16(19(4,5)6)23(22-15)17-12-20-13-9-7-8-10-14(13)21-17/h7-12H,1-6H3. The number of fused-ring (bicyclic) bond motifs is 1. The molecule has 0 saturated heterocycles. The second-order valence-corrected chi connectivity index (χ2v) is 8.04. The van der Waals surface area contributed by atoms with Crippen LogP contribution in [0.4, 0.5) is 0 Å². The summed E-state index contributed by atoms with van der Waals surface area (Å²) in [6, 6.07) is 10.1. The summed E-state index contributed by atoms with van der Waals surface area (Å²) < 4.78 is 1.94. The first kappa shape index (κ1) is 15.7. The Balaban J connectivity index is 2.22. The van der Waals surface area contributed by atoms with Crippen LogP contribution >= 0.6 is 0 Å². The minimum atomic E-state index is -0.0240. The molecule has 3 aromatic rings. The van der Waals surface area contributed by atoms with Gasteiger partial charge in [0, 0.05) is 10.8 Å². The molecular formula is C19H24N4. The van der Waals surface area contributed by atoms with E-state index >= 15 is 0 Å². The molecule has 0 aliphatic rings. The van der Waals surface area contributed by atoms with Crippen LogP contribution in [0.25, 0.3) is 16.9 Å². The second-order valence-electron chi connectivity index (χ2n) is 8.04. The molecule has 0 bridgehead atoms. The van der Waals surface area contributed by atoms with E-state index in [1.54, 1.807) is 6.20 Å². The topological polar surface area (TPSA) is 43.6 Å². The number of hydrogen-bond donors (Lipinski definition) is 0. The first-order valence-corrected chi connectivity index (χ1v) is 7.99. The molecule has 2 aromatic heterocycles. The lowest BCUT2D eigenvalue weighted by molar-refractivity contribution is 0.534. The summed E-state index contributed by atoms with van der Waals surface area (Å²) in [5.41, 5.74) is 3.97. The lowest BCUT2D eigenvalue weighted by Gasteiger charge is -2.19. The van der Waals surface area contributed by atoms with Gasteiger partial charge in [-0.1, -0.05) is 53.7 Å². The highest BCUT2D eigenvalue weighted by molar-refractivity contribution is 5.74. The van der Waals surface area contributed by atoms with E-state index in [9.17, 15) is 0 Å². The maximum atomic E-state index is 4.84. The average Bonchev–Trinajstić information content (AvgIpc) is 2.92. The summed E-state index contributed by atoms with van der Waals surface area (Å²) in [6.45, 7) is 13.1. The van der Waals surface area contributed by atoms with Gasteiger partial charge in [-0.05, 0) is 18.2 Å². The van der Waals surface area contributed by atoms with Crippen LogP contribution in [0.5, 0.6) is 0 Å². The van der Waals surface area contributed by atoms with Crippen molar-refractivity contribution in [2.45, 2.75) is 52.4 Å². The molecule has 0 unspecified atom stereocenters. The van der Waals surface area contributed by atoms with Crippen molar-refractivity contribution in [1.82, 2.24) is 19.7 Å². The molecule has 0 amide bonds. The van der Waals surface area contributed by atoms with Crippen LogP contribution in [-0.2, 0) is 10.8 Å². The number of aromatic nitrogens is 4. The molecule has 0 radical (unpaired) electrons. The van der Waals surface area contributed by atoms with E-state index in [0.717, 1.165) is 28.2 Å². The van der Waals surface area contributed by atoms with E-state index in [2.05, 4.69) is 52.6 Å². The number of benzene rings is 1. The molecule has 0 N–H and O–H groups in total. The Labute approximate surface area is 137 Å². The fourth-order valence-corrected chi connectivity index (χ4v) is 2.51. The van der Waals surface area contributed by atoms with Crippen molar-refractivity contribution in [1.29, 1.82) is 0 Å². The van der Waals surface area contributed by atoms with Gasteiger partial charge < -0.3 is 0 Å². The molecule has 23 heavy (non-hydrogen) atoms. The minimum absolute atomic E-state index is 0.00444. The fourth-order valence-electron chi connectivity index (χ4n) is 2.51. The molecule has 0 aliphatic carbocycles. The van der Waals surface area contributed by atoms with Gasteiger partial charge in [-0.2, -0.15) is 5.10 Å². The Morgan fingerprint density at radius 2 is 1.52 bits per heavy atom. The molecule has 4 nitrogen and oxygen atoms in total. The Hall–Kier alpha value is -2.23. The number of nitrogens with zero attached hydrogens (tertiary/aromatic N) is 4. The summed E-state index contributed by atoms with van der Waals surface area (Å²) in [5, 5.41) is 4.84.